The Kier molecular flexibility index (Phi) is 5.34. The van der Waals surface area contributed by atoms with Crippen molar-refractivity contribution in [3.63, 3.8) is 0 Å². The van der Waals surface area contributed by atoms with Crippen LogP contribution in [0.1, 0.15) is 72.0 Å². The SMILES string of the molecule is COc1ccc(C2Nc3c(C(=O)NC4CCCCC4)cccc3C3C=CCC32)cc1O. The van der Waals surface area contributed by atoms with Crippen LogP contribution in [-0.2, 0) is 0 Å². The summed E-state index contributed by atoms with van der Waals surface area (Å²) in [7, 11) is 1.55. The van der Waals surface area contributed by atoms with Crippen LogP contribution in [0.2, 0.25) is 0 Å². The Morgan fingerprint density at radius 3 is 2.77 bits per heavy atom. The minimum absolute atomic E-state index is 0.00735. The van der Waals surface area contributed by atoms with Gasteiger partial charge in [0.2, 0.25) is 0 Å². The highest BCUT2D eigenvalue weighted by Gasteiger charge is 2.39. The second-order valence-corrected chi connectivity index (χ2v) is 8.98. The topological polar surface area (TPSA) is 70.6 Å². The molecule has 2 aliphatic carbocycles. The summed E-state index contributed by atoms with van der Waals surface area (Å²) in [5, 5.41) is 17.3. The number of phenols is 1. The van der Waals surface area contributed by atoms with Gasteiger partial charge in [-0.3, -0.25) is 4.79 Å². The number of aromatic hydroxyl groups is 1. The Morgan fingerprint density at radius 2 is 2.00 bits per heavy atom. The second-order valence-electron chi connectivity index (χ2n) is 8.98. The lowest BCUT2D eigenvalue weighted by Gasteiger charge is -2.38. The quantitative estimate of drug-likeness (QED) is 0.590. The zero-order valence-electron chi connectivity index (χ0n) is 17.9. The fourth-order valence-electron chi connectivity index (χ4n) is 5.55. The molecule has 3 unspecified atom stereocenters. The normalized spacial score (nSPS) is 24.7. The molecule has 162 valence electrons. The summed E-state index contributed by atoms with van der Waals surface area (Å²) in [5.74, 6) is 1.21. The molecule has 5 heteroatoms. The first kappa shape index (κ1) is 20.0. The molecule has 1 saturated carbocycles. The molecular formula is C26H30N2O3. The molecule has 0 radical (unpaired) electrons. The van der Waals surface area contributed by atoms with E-state index in [1.807, 2.05) is 18.2 Å². The fourth-order valence-corrected chi connectivity index (χ4v) is 5.55. The number of benzene rings is 2. The number of fused-ring (bicyclic) bond motifs is 3. The van der Waals surface area contributed by atoms with Gasteiger partial charge in [-0.25, -0.2) is 0 Å². The number of rotatable bonds is 4. The Morgan fingerprint density at radius 1 is 1.16 bits per heavy atom. The summed E-state index contributed by atoms with van der Waals surface area (Å²) >= 11 is 0. The number of carbonyl (C=O) groups is 1. The van der Waals surface area contributed by atoms with Gasteiger partial charge in [0.25, 0.3) is 5.91 Å². The van der Waals surface area contributed by atoms with Crippen LogP contribution in [0, 0.1) is 5.92 Å². The summed E-state index contributed by atoms with van der Waals surface area (Å²) in [4.78, 5) is 13.2. The molecule has 3 aliphatic rings. The Labute approximate surface area is 183 Å². The van der Waals surface area contributed by atoms with E-state index >= 15 is 0 Å². The largest absolute Gasteiger partial charge is 0.504 e. The fraction of sp³-hybridized carbons (Fsp3) is 0.423. The maximum atomic E-state index is 13.2. The molecule has 1 amide bonds. The number of anilines is 1. The van der Waals surface area contributed by atoms with Gasteiger partial charge in [0.15, 0.2) is 11.5 Å². The predicted molar refractivity (Wildman–Crippen MR) is 122 cm³/mol. The van der Waals surface area contributed by atoms with Crippen molar-refractivity contribution in [1.29, 1.82) is 0 Å². The molecule has 3 atom stereocenters. The molecule has 0 aromatic heterocycles. The lowest BCUT2D eigenvalue weighted by Crippen LogP contribution is -2.37. The monoisotopic (exact) mass is 418 g/mol. The number of methoxy groups -OCH3 is 1. The first-order chi connectivity index (χ1) is 15.2. The Balaban J connectivity index is 1.49. The van der Waals surface area contributed by atoms with Gasteiger partial charge < -0.3 is 20.5 Å². The van der Waals surface area contributed by atoms with Crippen LogP contribution in [0.3, 0.4) is 0 Å². The molecule has 5 nitrogen and oxygen atoms in total. The van der Waals surface area contributed by atoms with Crippen molar-refractivity contribution in [3.05, 3.63) is 65.2 Å². The summed E-state index contributed by atoms with van der Waals surface area (Å²) < 4.78 is 5.22. The lowest BCUT2D eigenvalue weighted by molar-refractivity contribution is 0.0928. The van der Waals surface area contributed by atoms with Crippen molar-refractivity contribution in [3.8, 4) is 11.5 Å². The van der Waals surface area contributed by atoms with Crippen LogP contribution in [0.5, 0.6) is 11.5 Å². The van der Waals surface area contributed by atoms with Crippen LogP contribution in [0.25, 0.3) is 0 Å². The molecule has 0 spiro atoms. The molecule has 2 aromatic carbocycles. The summed E-state index contributed by atoms with van der Waals surface area (Å²) in [6, 6.07) is 11.9. The van der Waals surface area contributed by atoms with E-state index in [1.54, 1.807) is 19.2 Å². The number of allylic oxidation sites excluding steroid dienone is 2. The summed E-state index contributed by atoms with van der Waals surface area (Å²) in [6.45, 7) is 0. The van der Waals surface area contributed by atoms with E-state index in [0.29, 0.717) is 17.2 Å². The number of hydrogen-bond acceptors (Lipinski definition) is 4. The highest BCUT2D eigenvalue weighted by molar-refractivity contribution is 6.01. The van der Waals surface area contributed by atoms with Gasteiger partial charge in [0.1, 0.15) is 0 Å². The van der Waals surface area contributed by atoms with Crippen molar-refractivity contribution >= 4 is 11.6 Å². The Hall–Kier alpha value is -2.95. The average molecular weight is 419 g/mol. The number of para-hydroxylation sites is 1. The van der Waals surface area contributed by atoms with E-state index in [0.717, 1.165) is 30.5 Å². The van der Waals surface area contributed by atoms with Gasteiger partial charge in [-0.05, 0) is 54.5 Å². The number of amides is 1. The highest BCUT2D eigenvalue weighted by Crippen LogP contribution is 2.51. The zero-order chi connectivity index (χ0) is 21.4. The maximum absolute atomic E-state index is 13.2. The highest BCUT2D eigenvalue weighted by atomic mass is 16.5. The summed E-state index contributed by atoms with van der Waals surface area (Å²) in [6.07, 6.45) is 11.2. The van der Waals surface area contributed by atoms with Crippen LogP contribution in [0.15, 0.2) is 48.6 Å². The molecule has 1 aliphatic heterocycles. The smallest absolute Gasteiger partial charge is 0.253 e. The predicted octanol–water partition coefficient (Wildman–Crippen LogP) is 5.29. The van der Waals surface area contributed by atoms with Gasteiger partial charge in [-0.2, -0.15) is 0 Å². The van der Waals surface area contributed by atoms with E-state index in [1.165, 1.54) is 24.8 Å². The van der Waals surface area contributed by atoms with Gasteiger partial charge in [-0.15, -0.1) is 0 Å². The van der Waals surface area contributed by atoms with Crippen LogP contribution < -0.4 is 15.4 Å². The van der Waals surface area contributed by atoms with Gasteiger partial charge in [0.05, 0.1) is 24.4 Å². The molecule has 31 heavy (non-hydrogen) atoms. The lowest BCUT2D eigenvalue weighted by atomic mass is 9.76. The summed E-state index contributed by atoms with van der Waals surface area (Å²) in [5.41, 5.74) is 3.82. The first-order valence-electron chi connectivity index (χ1n) is 11.4. The number of carbonyl (C=O) groups excluding carboxylic acids is 1. The minimum atomic E-state index is 0.00735. The van der Waals surface area contributed by atoms with Crippen molar-refractivity contribution in [2.24, 2.45) is 5.92 Å². The third-order valence-corrected chi connectivity index (χ3v) is 7.14. The molecule has 5 rings (SSSR count). The number of phenolic OH excluding ortho intramolecular Hbond substituents is 1. The molecule has 0 saturated heterocycles. The molecule has 1 heterocycles. The van der Waals surface area contributed by atoms with Crippen molar-refractivity contribution in [1.82, 2.24) is 5.32 Å². The van der Waals surface area contributed by atoms with Crippen molar-refractivity contribution < 1.29 is 14.6 Å². The molecular weight excluding hydrogens is 388 g/mol. The van der Waals surface area contributed by atoms with E-state index in [9.17, 15) is 9.90 Å². The van der Waals surface area contributed by atoms with E-state index < -0.39 is 0 Å². The van der Waals surface area contributed by atoms with E-state index in [2.05, 4.69) is 28.9 Å². The van der Waals surface area contributed by atoms with E-state index in [4.69, 9.17) is 4.74 Å². The average Bonchev–Trinajstić information content (AvgIpc) is 3.29. The zero-order valence-corrected chi connectivity index (χ0v) is 17.9. The maximum Gasteiger partial charge on any atom is 0.253 e. The molecule has 0 bridgehead atoms. The van der Waals surface area contributed by atoms with Crippen molar-refractivity contribution in [2.75, 3.05) is 12.4 Å². The van der Waals surface area contributed by atoms with Crippen LogP contribution in [-0.4, -0.2) is 24.2 Å². The third kappa shape index (κ3) is 3.67. The third-order valence-electron chi connectivity index (χ3n) is 7.14. The van der Waals surface area contributed by atoms with Gasteiger partial charge in [0, 0.05) is 12.0 Å². The molecule has 2 aromatic rings. The first-order valence-corrected chi connectivity index (χ1v) is 11.4. The standard InChI is InChI=1S/C26H30N2O3/c1-31-23-14-13-16(15-22(23)29)24-19-10-5-9-18(19)20-11-6-12-21(25(20)28-24)26(30)27-17-7-3-2-4-8-17/h5-6,9,11-15,17-19,24,28-29H,2-4,7-8,10H2,1H3,(H,27,30). The van der Waals surface area contributed by atoms with Gasteiger partial charge >= 0.3 is 0 Å². The second kappa shape index (κ2) is 8.29. The Bertz CT molecular complexity index is 1010. The number of hydrogen-bond donors (Lipinski definition) is 3. The minimum Gasteiger partial charge on any atom is -0.504 e. The molecule has 3 N–H and O–H groups in total. The molecule has 1 fully saturated rings. The van der Waals surface area contributed by atoms with Crippen LogP contribution in [0.4, 0.5) is 5.69 Å². The van der Waals surface area contributed by atoms with Crippen molar-refractivity contribution in [2.45, 2.75) is 56.5 Å². The van der Waals surface area contributed by atoms with E-state index in [-0.39, 0.29) is 29.7 Å². The number of nitrogens with one attached hydrogen (secondary N) is 2. The van der Waals surface area contributed by atoms with Gasteiger partial charge in [-0.1, -0.05) is 49.6 Å². The van der Waals surface area contributed by atoms with Crippen LogP contribution >= 0.6 is 0 Å². The number of ether oxygens (including phenoxy) is 1.